The molecule has 0 aliphatic heterocycles. The van der Waals surface area contributed by atoms with Gasteiger partial charge in [0.2, 0.25) is 0 Å². The number of unbranched alkanes of at least 4 members (excludes halogenated alkanes) is 1. The Bertz CT molecular complexity index is 865. The maximum absolute atomic E-state index is 12.2. The van der Waals surface area contributed by atoms with Gasteiger partial charge in [0.25, 0.3) is 5.56 Å². The summed E-state index contributed by atoms with van der Waals surface area (Å²) in [5.41, 5.74) is 0.660. The zero-order chi connectivity index (χ0) is 15.9. The molecule has 6 nitrogen and oxygen atoms in total. The molecule has 0 radical (unpaired) electrons. The lowest BCUT2D eigenvalue weighted by molar-refractivity contribution is 0.0698. The summed E-state index contributed by atoms with van der Waals surface area (Å²) in [4.78, 5) is 30.9. The van der Waals surface area contributed by atoms with E-state index >= 15 is 0 Å². The van der Waals surface area contributed by atoms with Crippen LogP contribution < -0.4 is 5.56 Å². The van der Waals surface area contributed by atoms with Gasteiger partial charge in [-0.25, -0.2) is 9.78 Å². The van der Waals surface area contributed by atoms with Crippen LogP contribution in [0.25, 0.3) is 11.0 Å². The molecule has 2 aromatic rings. The van der Waals surface area contributed by atoms with Crippen molar-refractivity contribution in [2.24, 2.45) is 0 Å². The number of carboxylic acid groups (broad SMARTS) is 1. The number of H-pyrrole nitrogens is 1. The van der Waals surface area contributed by atoms with Crippen LogP contribution in [-0.4, -0.2) is 25.6 Å². The lowest BCUT2D eigenvalue weighted by atomic mass is 10.1. The van der Waals surface area contributed by atoms with Crippen molar-refractivity contribution in [3.63, 3.8) is 0 Å². The number of aromatic nitrogens is 3. The third kappa shape index (κ3) is 2.56. The second-order valence-electron chi connectivity index (χ2n) is 5.64. The van der Waals surface area contributed by atoms with Crippen molar-refractivity contribution in [2.75, 3.05) is 0 Å². The third-order valence-corrected chi connectivity index (χ3v) is 4.25. The van der Waals surface area contributed by atoms with E-state index in [0.717, 1.165) is 31.4 Å². The van der Waals surface area contributed by atoms with E-state index in [-0.39, 0.29) is 10.9 Å². The Labute approximate surface area is 131 Å². The van der Waals surface area contributed by atoms with E-state index in [1.807, 2.05) is 0 Å². The van der Waals surface area contributed by atoms with Crippen LogP contribution in [0.1, 0.15) is 54.6 Å². The van der Waals surface area contributed by atoms with E-state index in [0.29, 0.717) is 22.9 Å². The van der Waals surface area contributed by atoms with Gasteiger partial charge in [-0.1, -0.05) is 13.3 Å². The van der Waals surface area contributed by atoms with Crippen molar-refractivity contribution >= 4 is 29.2 Å². The number of carbonyl (C=O) groups is 1. The number of carboxylic acids is 1. The molecule has 0 atom stereocenters. The Balaban J connectivity index is 2.36. The zero-order valence-electron chi connectivity index (χ0n) is 12.3. The SMILES string of the molecule is CCCCn1c(=S)[nH]c(=O)c2c(C(=O)O)cc(C3CC3)nc21. The van der Waals surface area contributed by atoms with Crippen LogP contribution >= 0.6 is 12.2 Å². The highest BCUT2D eigenvalue weighted by Crippen LogP contribution is 2.39. The van der Waals surface area contributed by atoms with Crippen molar-refractivity contribution in [1.82, 2.24) is 14.5 Å². The Hall–Kier alpha value is -2.02. The van der Waals surface area contributed by atoms with Crippen LogP contribution in [0.5, 0.6) is 0 Å². The molecule has 0 spiro atoms. The number of fused-ring (bicyclic) bond motifs is 1. The lowest BCUT2D eigenvalue weighted by Gasteiger charge is -2.12. The number of nitrogens with one attached hydrogen (secondary N) is 1. The molecule has 0 amide bonds. The Kier molecular flexibility index (Phi) is 3.82. The molecule has 116 valence electrons. The second-order valence-corrected chi connectivity index (χ2v) is 6.02. The summed E-state index contributed by atoms with van der Waals surface area (Å²) in [7, 11) is 0. The summed E-state index contributed by atoms with van der Waals surface area (Å²) in [5, 5.41) is 9.57. The first-order valence-electron chi connectivity index (χ1n) is 7.44. The lowest BCUT2D eigenvalue weighted by Crippen LogP contribution is -2.19. The first-order chi connectivity index (χ1) is 10.5. The van der Waals surface area contributed by atoms with Crippen LogP contribution in [0, 0.1) is 4.77 Å². The van der Waals surface area contributed by atoms with E-state index in [4.69, 9.17) is 12.2 Å². The molecular formula is C15H17N3O3S. The molecule has 1 saturated carbocycles. The molecule has 0 bridgehead atoms. The topological polar surface area (TPSA) is 88.0 Å². The van der Waals surface area contributed by atoms with Gasteiger partial charge in [0, 0.05) is 18.2 Å². The Morgan fingerprint density at radius 2 is 2.27 bits per heavy atom. The van der Waals surface area contributed by atoms with Gasteiger partial charge < -0.3 is 9.67 Å². The number of aryl methyl sites for hydroxylation is 1. The molecule has 1 aliphatic carbocycles. The quantitative estimate of drug-likeness (QED) is 0.827. The standard InChI is InChI=1S/C15H17N3O3S/c1-2-3-6-18-12-11(13(19)17-15(18)22)9(14(20)21)7-10(16-12)8-4-5-8/h7-8H,2-6H2,1H3,(H,20,21)(H,17,19,22). The molecule has 0 unspecified atom stereocenters. The highest BCUT2D eigenvalue weighted by molar-refractivity contribution is 7.71. The Morgan fingerprint density at radius 1 is 1.55 bits per heavy atom. The van der Waals surface area contributed by atoms with Crippen molar-refractivity contribution in [1.29, 1.82) is 0 Å². The number of pyridine rings is 1. The molecule has 3 rings (SSSR count). The largest absolute Gasteiger partial charge is 0.478 e. The van der Waals surface area contributed by atoms with Crippen LogP contribution in [0.3, 0.4) is 0 Å². The van der Waals surface area contributed by atoms with Crippen LogP contribution in [-0.2, 0) is 6.54 Å². The molecule has 2 aromatic heterocycles. The fourth-order valence-electron chi connectivity index (χ4n) is 2.57. The summed E-state index contributed by atoms with van der Waals surface area (Å²) in [6, 6.07) is 1.53. The van der Waals surface area contributed by atoms with Gasteiger partial charge in [0.05, 0.1) is 10.9 Å². The summed E-state index contributed by atoms with van der Waals surface area (Å²) in [6.07, 6.45) is 3.87. The minimum Gasteiger partial charge on any atom is -0.478 e. The fraction of sp³-hybridized carbons (Fsp3) is 0.467. The number of rotatable bonds is 5. The molecule has 22 heavy (non-hydrogen) atoms. The number of hydrogen-bond donors (Lipinski definition) is 2. The van der Waals surface area contributed by atoms with E-state index in [2.05, 4.69) is 16.9 Å². The van der Waals surface area contributed by atoms with Crippen molar-refractivity contribution < 1.29 is 9.90 Å². The van der Waals surface area contributed by atoms with Gasteiger partial charge in [-0.3, -0.25) is 9.78 Å². The van der Waals surface area contributed by atoms with Crippen LogP contribution in [0.15, 0.2) is 10.9 Å². The van der Waals surface area contributed by atoms with Crippen molar-refractivity contribution in [2.45, 2.75) is 45.1 Å². The first kappa shape index (κ1) is 14.9. The van der Waals surface area contributed by atoms with E-state index in [1.54, 1.807) is 4.57 Å². The molecule has 1 aliphatic rings. The predicted molar refractivity (Wildman–Crippen MR) is 85.0 cm³/mol. The Morgan fingerprint density at radius 3 is 2.86 bits per heavy atom. The summed E-state index contributed by atoms with van der Waals surface area (Å²) in [5.74, 6) is -0.811. The molecular weight excluding hydrogens is 302 g/mol. The average molecular weight is 319 g/mol. The molecule has 2 heterocycles. The van der Waals surface area contributed by atoms with Gasteiger partial charge in [-0.2, -0.15) is 0 Å². The third-order valence-electron chi connectivity index (χ3n) is 3.93. The highest BCUT2D eigenvalue weighted by Gasteiger charge is 2.28. The smallest absolute Gasteiger partial charge is 0.336 e. The van der Waals surface area contributed by atoms with Crippen LogP contribution in [0.4, 0.5) is 0 Å². The second kappa shape index (κ2) is 5.64. The summed E-state index contributed by atoms with van der Waals surface area (Å²) >= 11 is 5.23. The molecule has 1 fully saturated rings. The average Bonchev–Trinajstić information content (AvgIpc) is 3.30. The molecule has 7 heteroatoms. The predicted octanol–water partition coefficient (Wildman–Crippen LogP) is 2.83. The molecule has 2 N–H and O–H groups in total. The fourth-order valence-corrected chi connectivity index (χ4v) is 2.84. The van der Waals surface area contributed by atoms with Crippen LogP contribution in [0.2, 0.25) is 0 Å². The number of aromatic amines is 1. The van der Waals surface area contributed by atoms with Gasteiger partial charge in [0.1, 0.15) is 5.65 Å². The number of aromatic carboxylic acids is 1. The number of nitrogens with zero attached hydrogens (tertiary/aromatic N) is 2. The van der Waals surface area contributed by atoms with Crippen molar-refractivity contribution in [3.8, 4) is 0 Å². The number of hydrogen-bond acceptors (Lipinski definition) is 4. The van der Waals surface area contributed by atoms with E-state index in [1.165, 1.54) is 6.07 Å². The maximum Gasteiger partial charge on any atom is 0.336 e. The first-order valence-corrected chi connectivity index (χ1v) is 7.84. The van der Waals surface area contributed by atoms with Crippen molar-refractivity contribution in [3.05, 3.63) is 32.4 Å². The van der Waals surface area contributed by atoms with Gasteiger partial charge in [0.15, 0.2) is 4.77 Å². The normalized spacial score (nSPS) is 14.4. The maximum atomic E-state index is 12.2. The summed E-state index contributed by atoms with van der Waals surface area (Å²) in [6.45, 7) is 2.67. The monoisotopic (exact) mass is 319 g/mol. The zero-order valence-corrected chi connectivity index (χ0v) is 13.1. The highest BCUT2D eigenvalue weighted by atomic mass is 32.1. The molecule has 0 saturated heterocycles. The van der Waals surface area contributed by atoms with Gasteiger partial charge in [-0.15, -0.1) is 0 Å². The minimum absolute atomic E-state index is 0.00778. The summed E-state index contributed by atoms with van der Waals surface area (Å²) < 4.78 is 2.04. The van der Waals surface area contributed by atoms with Gasteiger partial charge >= 0.3 is 5.97 Å². The molecule has 0 aromatic carbocycles. The van der Waals surface area contributed by atoms with Gasteiger partial charge in [-0.05, 0) is 37.5 Å². The minimum atomic E-state index is -1.11. The van der Waals surface area contributed by atoms with E-state index < -0.39 is 11.5 Å². The van der Waals surface area contributed by atoms with E-state index in [9.17, 15) is 14.7 Å².